The number of nitrogens with zero attached hydrogens (tertiary/aromatic N) is 1. The Morgan fingerprint density at radius 3 is 2.86 bits per heavy atom. The molecule has 0 aliphatic carbocycles. The van der Waals surface area contributed by atoms with Crippen LogP contribution in [0.4, 0.5) is 4.79 Å². The molecule has 1 saturated heterocycles. The van der Waals surface area contributed by atoms with E-state index in [0.29, 0.717) is 12.2 Å². The normalized spacial score (nSPS) is 16.0. The summed E-state index contributed by atoms with van der Waals surface area (Å²) in [5.41, 5.74) is 1.24. The van der Waals surface area contributed by atoms with Gasteiger partial charge in [0.05, 0.1) is 18.9 Å². The van der Waals surface area contributed by atoms with Crippen molar-refractivity contribution >= 4 is 28.8 Å². The van der Waals surface area contributed by atoms with Crippen molar-refractivity contribution in [1.82, 2.24) is 10.2 Å². The van der Waals surface area contributed by atoms with Crippen LogP contribution in [0.15, 0.2) is 24.3 Å². The lowest BCUT2D eigenvalue weighted by molar-refractivity contribution is -0.125. The van der Waals surface area contributed by atoms with Crippen LogP contribution in [0.2, 0.25) is 0 Å². The van der Waals surface area contributed by atoms with Crippen LogP contribution < -0.4 is 5.32 Å². The second-order valence-electron chi connectivity index (χ2n) is 5.06. The van der Waals surface area contributed by atoms with Crippen LogP contribution in [0.5, 0.6) is 0 Å². The Kier molecular flexibility index (Phi) is 5.57. The molecule has 6 nitrogen and oxygen atoms in total. The van der Waals surface area contributed by atoms with E-state index in [1.165, 1.54) is 4.90 Å². The molecule has 22 heavy (non-hydrogen) atoms. The van der Waals surface area contributed by atoms with Crippen molar-refractivity contribution in [2.24, 2.45) is 0 Å². The minimum absolute atomic E-state index is 0.0979. The molecule has 1 unspecified atom stereocenters. The number of hydrogen-bond donors (Lipinski definition) is 1. The maximum atomic E-state index is 12.1. The highest BCUT2D eigenvalue weighted by Gasteiger charge is 2.29. The van der Waals surface area contributed by atoms with Crippen LogP contribution in [0.3, 0.4) is 0 Å². The van der Waals surface area contributed by atoms with E-state index in [-0.39, 0.29) is 35.4 Å². The van der Waals surface area contributed by atoms with Crippen LogP contribution in [-0.2, 0) is 16.1 Å². The van der Waals surface area contributed by atoms with Gasteiger partial charge in [-0.2, -0.15) is 0 Å². The molecule has 1 fully saturated rings. The van der Waals surface area contributed by atoms with E-state index in [1.807, 2.05) is 6.92 Å². The molecular formula is C15H18N2O4S. The lowest BCUT2D eigenvalue weighted by Crippen LogP contribution is -2.35. The van der Waals surface area contributed by atoms with Crippen molar-refractivity contribution < 1.29 is 19.1 Å². The zero-order chi connectivity index (χ0) is 16.1. The molecular weight excluding hydrogens is 304 g/mol. The molecule has 1 heterocycles. The molecule has 0 saturated carbocycles. The van der Waals surface area contributed by atoms with Gasteiger partial charge in [-0.1, -0.05) is 23.9 Å². The van der Waals surface area contributed by atoms with Gasteiger partial charge in [0, 0.05) is 18.7 Å². The van der Waals surface area contributed by atoms with Crippen LogP contribution >= 0.6 is 11.8 Å². The topological polar surface area (TPSA) is 75.7 Å². The van der Waals surface area contributed by atoms with Crippen molar-refractivity contribution in [3.8, 4) is 0 Å². The van der Waals surface area contributed by atoms with Gasteiger partial charge < -0.3 is 10.1 Å². The smallest absolute Gasteiger partial charge is 0.289 e. The molecule has 1 N–H and O–H groups in total. The molecule has 2 rings (SSSR count). The highest BCUT2D eigenvalue weighted by molar-refractivity contribution is 8.14. The molecule has 1 aliphatic rings. The summed E-state index contributed by atoms with van der Waals surface area (Å²) >= 11 is 1.00. The summed E-state index contributed by atoms with van der Waals surface area (Å²) in [6.07, 6.45) is 0. The Balaban J connectivity index is 2.05. The van der Waals surface area contributed by atoms with Gasteiger partial charge in [0.25, 0.3) is 11.1 Å². The zero-order valence-electron chi connectivity index (χ0n) is 12.5. The lowest BCUT2D eigenvalue weighted by atomic mass is 10.1. The SMILES string of the molecule is COCC(C)NC(=O)c1cccc(CN2C(=O)CSC2=O)c1. The summed E-state index contributed by atoms with van der Waals surface area (Å²) < 4.78 is 4.98. The van der Waals surface area contributed by atoms with Crippen molar-refractivity contribution in [3.63, 3.8) is 0 Å². The summed E-state index contributed by atoms with van der Waals surface area (Å²) in [5.74, 6) is -0.216. The van der Waals surface area contributed by atoms with Gasteiger partial charge in [-0.05, 0) is 24.6 Å². The number of thioether (sulfide) groups is 1. The molecule has 0 bridgehead atoms. The molecule has 0 spiro atoms. The first-order chi connectivity index (χ1) is 10.5. The Bertz CT molecular complexity index is 575. The number of methoxy groups -OCH3 is 1. The number of carbonyl (C=O) groups is 3. The first-order valence-corrected chi connectivity index (χ1v) is 7.85. The van der Waals surface area contributed by atoms with Crippen molar-refractivity contribution in [2.45, 2.75) is 19.5 Å². The van der Waals surface area contributed by atoms with E-state index in [0.717, 1.165) is 17.3 Å². The van der Waals surface area contributed by atoms with E-state index >= 15 is 0 Å². The van der Waals surface area contributed by atoms with Gasteiger partial charge in [-0.15, -0.1) is 0 Å². The highest BCUT2D eigenvalue weighted by Crippen LogP contribution is 2.21. The van der Waals surface area contributed by atoms with E-state index in [4.69, 9.17) is 4.74 Å². The maximum Gasteiger partial charge on any atom is 0.289 e. The molecule has 7 heteroatoms. The Morgan fingerprint density at radius 1 is 1.45 bits per heavy atom. The van der Waals surface area contributed by atoms with Crippen LogP contribution in [0.25, 0.3) is 0 Å². The van der Waals surface area contributed by atoms with Crippen LogP contribution in [-0.4, -0.2) is 47.5 Å². The number of benzene rings is 1. The third-order valence-electron chi connectivity index (χ3n) is 3.16. The molecule has 3 amide bonds. The van der Waals surface area contributed by atoms with Gasteiger partial charge in [0.15, 0.2) is 0 Å². The summed E-state index contributed by atoms with van der Waals surface area (Å²) in [4.78, 5) is 36.5. The first-order valence-electron chi connectivity index (χ1n) is 6.87. The predicted octanol–water partition coefficient (Wildman–Crippen LogP) is 1.65. The van der Waals surface area contributed by atoms with E-state index in [1.54, 1.807) is 31.4 Å². The number of carbonyl (C=O) groups excluding carboxylic acids is 3. The van der Waals surface area contributed by atoms with Gasteiger partial charge >= 0.3 is 0 Å². The van der Waals surface area contributed by atoms with Crippen molar-refractivity contribution in [2.75, 3.05) is 19.5 Å². The first kappa shape index (κ1) is 16.5. The highest BCUT2D eigenvalue weighted by atomic mass is 32.2. The monoisotopic (exact) mass is 322 g/mol. The Hall–Kier alpha value is -1.86. The maximum absolute atomic E-state index is 12.1. The zero-order valence-corrected chi connectivity index (χ0v) is 13.3. The number of rotatable bonds is 6. The molecule has 1 atom stereocenters. The molecule has 0 aromatic heterocycles. The standard InChI is InChI=1S/C15H18N2O4S/c1-10(8-21-2)16-14(19)12-5-3-4-11(6-12)7-17-13(18)9-22-15(17)20/h3-6,10H,7-9H2,1-2H3,(H,16,19). The minimum atomic E-state index is -0.242. The average molecular weight is 322 g/mol. The fraction of sp³-hybridized carbons (Fsp3) is 0.400. The fourth-order valence-corrected chi connectivity index (χ4v) is 2.85. The number of ether oxygens (including phenoxy) is 1. The van der Waals surface area contributed by atoms with Crippen LogP contribution in [0.1, 0.15) is 22.8 Å². The molecule has 1 aromatic rings. The molecule has 1 aromatic carbocycles. The molecule has 1 aliphatic heterocycles. The summed E-state index contributed by atoms with van der Waals surface area (Å²) in [7, 11) is 1.57. The molecule has 0 radical (unpaired) electrons. The number of hydrogen-bond acceptors (Lipinski definition) is 5. The third kappa shape index (κ3) is 4.08. The predicted molar refractivity (Wildman–Crippen MR) is 83.7 cm³/mol. The quantitative estimate of drug-likeness (QED) is 0.862. The minimum Gasteiger partial charge on any atom is -0.383 e. The van der Waals surface area contributed by atoms with Gasteiger partial charge in [0.1, 0.15) is 0 Å². The van der Waals surface area contributed by atoms with Crippen molar-refractivity contribution in [3.05, 3.63) is 35.4 Å². The number of amides is 3. The van der Waals surface area contributed by atoms with Gasteiger partial charge in [-0.3, -0.25) is 19.3 Å². The third-order valence-corrected chi connectivity index (χ3v) is 4.02. The Labute approximate surface area is 133 Å². The van der Waals surface area contributed by atoms with Gasteiger partial charge in [0.2, 0.25) is 5.91 Å². The summed E-state index contributed by atoms with van der Waals surface area (Å²) in [5, 5.41) is 2.58. The van der Waals surface area contributed by atoms with E-state index in [9.17, 15) is 14.4 Å². The second kappa shape index (κ2) is 7.42. The number of nitrogens with one attached hydrogen (secondary N) is 1. The van der Waals surface area contributed by atoms with Crippen LogP contribution in [0, 0.1) is 0 Å². The van der Waals surface area contributed by atoms with E-state index in [2.05, 4.69) is 5.32 Å². The lowest BCUT2D eigenvalue weighted by Gasteiger charge is -2.15. The van der Waals surface area contributed by atoms with Gasteiger partial charge in [-0.25, -0.2) is 0 Å². The summed E-state index contributed by atoms with van der Waals surface area (Å²) in [6.45, 7) is 2.48. The second-order valence-corrected chi connectivity index (χ2v) is 5.99. The average Bonchev–Trinajstić information content (AvgIpc) is 2.79. The Morgan fingerprint density at radius 2 is 2.23 bits per heavy atom. The number of imide groups is 1. The van der Waals surface area contributed by atoms with E-state index < -0.39 is 0 Å². The largest absolute Gasteiger partial charge is 0.383 e. The summed E-state index contributed by atoms with van der Waals surface area (Å²) in [6, 6.07) is 6.82. The fourth-order valence-electron chi connectivity index (χ4n) is 2.13. The molecule has 118 valence electrons. The van der Waals surface area contributed by atoms with Crippen molar-refractivity contribution in [1.29, 1.82) is 0 Å².